The minimum atomic E-state index is -0.444. The quantitative estimate of drug-likeness (QED) is 0.847. The molecule has 1 aliphatic carbocycles. The van der Waals surface area contributed by atoms with Crippen molar-refractivity contribution in [2.45, 2.75) is 44.4 Å². The Hall–Kier alpha value is -1.81. The number of nitrogens with zero attached hydrogens (tertiary/aromatic N) is 1. The van der Waals surface area contributed by atoms with Gasteiger partial charge in [-0.15, -0.1) is 0 Å². The fraction of sp³-hybridized carbons (Fsp3) is 0.471. The molecule has 2 rings (SSSR count). The number of benzene rings is 1. The summed E-state index contributed by atoms with van der Waals surface area (Å²) >= 11 is 0. The number of amides is 1. The van der Waals surface area contributed by atoms with E-state index in [-0.39, 0.29) is 11.9 Å². The third kappa shape index (κ3) is 3.85. The van der Waals surface area contributed by atoms with Crippen molar-refractivity contribution >= 4 is 5.91 Å². The molecule has 114 valence electrons. The van der Waals surface area contributed by atoms with Gasteiger partial charge in [-0.05, 0) is 36.6 Å². The van der Waals surface area contributed by atoms with Crippen LogP contribution >= 0.6 is 0 Å². The smallest absolute Gasteiger partial charge is 0.246 e. The Morgan fingerprint density at radius 3 is 2.62 bits per heavy atom. The Morgan fingerprint density at radius 1 is 1.38 bits per heavy atom. The number of methoxy groups -OCH3 is 1. The predicted octanol–water partition coefficient (Wildman–Crippen LogP) is 2.51. The van der Waals surface area contributed by atoms with Gasteiger partial charge < -0.3 is 14.7 Å². The lowest BCUT2D eigenvalue weighted by Gasteiger charge is -2.37. The Balaban J connectivity index is 2.15. The van der Waals surface area contributed by atoms with Crippen LogP contribution in [0.25, 0.3) is 0 Å². The van der Waals surface area contributed by atoms with E-state index in [0.717, 1.165) is 37.0 Å². The summed E-state index contributed by atoms with van der Waals surface area (Å²) in [6.07, 6.45) is 4.55. The van der Waals surface area contributed by atoms with Crippen LogP contribution in [0.1, 0.15) is 31.2 Å². The second kappa shape index (κ2) is 7.27. The molecule has 0 unspecified atom stereocenters. The topological polar surface area (TPSA) is 49.8 Å². The first-order valence-electron chi connectivity index (χ1n) is 7.39. The molecule has 1 aromatic rings. The molecule has 1 N–H and O–H groups in total. The average Bonchev–Trinajstić information content (AvgIpc) is 2.53. The van der Waals surface area contributed by atoms with Gasteiger partial charge in [-0.3, -0.25) is 4.79 Å². The molecule has 1 saturated carbocycles. The van der Waals surface area contributed by atoms with Gasteiger partial charge in [0, 0.05) is 6.54 Å². The Labute approximate surface area is 126 Å². The van der Waals surface area contributed by atoms with Crippen LogP contribution in [-0.4, -0.2) is 35.2 Å². The van der Waals surface area contributed by atoms with Crippen LogP contribution < -0.4 is 4.74 Å². The normalized spacial score (nSPS) is 21.6. The van der Waals surface area contributed by atoms with Crippen molar-refractivity contribution in [1.82, 2.24) is 4.90 Å². The molecule has 0 saturated heterocycles. The Kier molecular flexibility index (Phi) is 5.39. The molecule has 4 nitrogen and oxygen atoms in total. The molecule has 0 aliphatic heterocycles. The third-order valence-corrected chi connectivity index (χ3v) is 4.06. The molecule has 1 fully saturated rings. The van der Waals surface area contributed by atoms with Crippen LogP contribution in [0.5, 0.6) is 5.75 Å². The zero-order valence-electron chi connectivity index (χ0n) is 12.5. The van der Waals surface area contributed by atoms with Crippen LogP contribution in [0.4, 0.5) is 0 Å². The van der Waals surface area contributed by atoms with Crippen molar-refractivity contribution in [1.29, 1.82) is 0 Å². The van der Waals surface area contributed by atoms with E-state index < -0.39 is 6.10 Å². The van der Waals surface area contributed by atoms with Crippen LogP contribution in [-0.2, 0) is 11.3 Å². The molecule has 0 aromatic heterocycles. The Morgan fingerprint density at radius 2 is 2.05 bits per heavy atom. The fourth-order valence-electron chi connectivity index (χ4n) is 2.86. The zero-order chi connectivity index (χ0) is 15.2. The van der Waals surface area contributed by atoms with E-state index in [2.05, 4.69) is 6.58 Å². The van der Waals surface area contributed by atoms with Crippen molar-refractivity contribution in [2.75, 3.05) is 7.11 Å². The van der Waals surface area contributed by atoms with E-state index in [0.29, 0.717) is 6.54 Å². The van der Waals surface area contributed by atoms with Gasteiger partial charge in [0.2, 0.25) is 5.91 Å². The molecule has 1 amide bonds. The number of ether oxygens (including phenoxy) is 1. The van der Waals surface area contributed by atoms with Crippen LogP contribution in [0.15, 0.2) is 36.9 Å². The lowest BCUT2D eigenvalue weighted by Crippen LogP contribution is -2.47. The summed E-state index contributed by atoms with van der Waals surface area (Å²) in [6.45, 7) is 4.06. The van der Waals surface area contributed by atoms with Gasteiger partial charge in [0.15, 0.2) is 0 Å². The maximum Gasteiger partial charge on any atom is 0.246 e. The number of hydrogen-bond acceptors (Lipinski definition) is 3. The fourth-order valence-corrected chi connectivity index (χ4v) is 2.86. The second-order valence-electron chi connectivity index (χ2n) is 5.44. The van der Waals surface area contributed by atoms with Gasteiger partial charge in [0.05, 0.1) is 19.3 Å². The number of rotatable bonds is 5. The molecule has 21 heavy (non-hydrogen) atoms. The van der Waals surface area contributed by atoms with Crippen molar-refractivity contribution in [3.8, 4) is 5.75 Å². The molecule has 1 aliphatic rings. The standard InChI is InChI=1S/C17H23NO3/c1-3-17(20)18(15-6-4-5-7-16(15)19)12-13-8-10-14(21-2)11-9-13/h3,8-11,15-16,19H,1,4-7,12H2,2H3/t15-,16-/m1/s1. The minimum absolute atomic E-state index is 0.119. The summed E-state index contributed by atoms with van der Waals surface area (Å²) < 4.78 is 5.14. The molecule has 0 bridgehead atoms. The number of hydrogen-bond donors (Lipinski definition) is 1. The van der Waals surface area contributed by atoms with E-state index in [4.69, 9.17) is 4.74 Å². The lowest BCUT2D eigenvalue weighted by molar-refractivity contribution is -0.132. The van der Waals surface area contributed by atoms with Gasteiger partial charge in [0.25, 0.3) is 0 Å². The molecule has 0 spiro atoms. The first-order valence-corrected chi connectivity index (χ1v) is 7.39. The highest BCUT2D eigenvalue weighted by atomic mass is 16.5. The van der Waals surface area contributed by atoms with Crippen molar-refractivity contribution < 1.29 is 14.6 Å². The van der Waals surface area contributed by atoms with Crippen molar-refractivity contribution in [2.24, 2.45) is 0 Å². The van der Waals surface area contributed by atoms with Gasteiger partial charge in [-0.25, -0.2) is 0 Å². The SMILES string of the molecule is C=CC(=O)N(Cc1ccc(OC)cc1)[C@@H]1CCCC[C@H]1O. The van der Waals surface area contributed by atoms with E-state index in [1.807, 2.05) is 24.3 Å². The van der Waals surface area contributed by atoms with E-state index in [1.54, 1.807) is 12.0 Å². The van der Waals surface area contributed by atoms with Crippen molar-refractivity contribution in [3.05, 3.63) is 42.5 Å². The number of carbonyl (C=O) groups is 1. The predicted molar refractivity (Wildman–Crippen MR) is 82.0 cm³/mol. The Bertz CT molecular complexity index is 483. The summed E-state index contributed by atoms with van der Waals surface area (Å²) in [4.78, 5) is 13.9. The third-order valence-electron chi connectivity index (χ3n) is 4.06. The molecule has 1 aromatic carbocycles. The molecule has 2 atom stereocenters. The van der Waals surface area contributed by atoms with Crippen LogP contribution in [0, 0.1) is 0 Å². The second-order valence-corrected chi connectivity index (χ2v) is 5.44. The van der Waals surface area contributed by atoms with E-state index >= 15 is 0 Å². The molecule has 0 radical (unpaired) electrons. The zero-order valence-corrected chi connectivity index (χ0v) is 12.5. The maximum absolute atomic E-state index is 12.2. The van der Waals surface area contributed by atoms with E-state index in [9.17, 15) is 9.90 Å². The molecule has 4 heteroatoms. The summed E-state index contributed by atoms with van der Waals surface area (Å²) in [7, 11) is 1.63. The summed E-state index contributed by atoms with van der Waals surface area (Å²) in [5.74, 6) is 0.662. The highest BCUT2D eigenvalue weighted by Gasteiger charge is 2.30. The molecule has 0 heterocycles. The van der Waals surface area contributed by atoms with Gasteiger partial charge in [-0.2, -0.15) is 0 Å². The van der Waals surface area contributed by atoms with Crippen LogP contribution in [0.3, 0.4) is 0 Å². The summed E-state index contributed by atoms with van der Waals surface area (Å²) in [6, 6.07) is 7.52. The molecular formula is C17H23NO3. The monoisotopic (exact) mass is 289 g/mol. The minimum Gasteiger partial charge on any atom is -0.497 e. The lowest BCUT2D eigenvalue weighted by atomic mass is 9.91. The molecular weight excluding hydrogens is 266 g/mol. The number of carbonyl (C=O) groups excluding carboxylic acids is 1. The summed E-state index contributed by atoms with van der Waals surface area (Å²) in [5, 5.41) is 10.2. The van der Waals surface area contributed by atoms with Crippen molar-refractivity contribution in [3.63, 3.8) is 0 Å². The van der Waals surface area contributed by atoms with E-state index in [1.165, 1.54) is 6.08 Å². The first-order chi connectivity index (χ1) is 10.2. The average molecular weight is 289 g/mol. The highest BCUT2D eigenvalue weighted by molar-refractivity contribution is 5.87. The maximum atomic E-state index is 12.2. The number of aliphatic hydroxyl groups excluding tert-OH is 1. The van der Waals surface area contributed by atoms with Crippen LogP contribution in [0.2, 0.25) is 0 Å². The number of aliphatic hydroxyl groups is 1. The van der Waals surface area contributed by atoms with Gasteiger partial charge in [-0.1, -0.05) is 31.6 Å². The summed E-state index contributed by atoms with van der Waals surface area (Å²) in [5.41, 5.74) is 1.02. The highest BCUT2D eigenvalue weighted by Crippen LogP contribution is 2.25. The largest absolute Gasteiger partial charge is 0.497 e. The first kappa shape index (κ1) is 15.6. The van der Waals surface area contributed by atoms with Gasteiger partial charge in [0.1, 0.15) is 5.75 Å². The van der Waals surface area contributed by atoms with Gasteiger partial charge >= 0.3 is 0 Å².